The summed E-state index contributed by atoms with van der Waals surface area (Å²) in [5.41, 5.74) is 0.769. The van der Waals surface area contributed by atoms with E-state index >= 15 is 0 Å². The van der Waals surface area contributed by atoms with Crippen molar-refractivity contribution in [2.45, 2.75) is 11.8 Å². The van der Waals surface area contributed by atoms with Gasteiger partial charge in [-0.25, -0.2) is 12.8 Å². The Bertz CT molecular complexity index is 920. The van der Waals surface area contributed by atoms with Crippen LogP contribution < -0.4 is 5.32 Å². The Labute approximate surface area is 155 Å². The molecule has 2 aromatic carbocycles. The van der Waals surface area contributed by atoms with Gasteiger partial charge in [0.1, 0.15) is 5.82 Å². The number of carbonyl (C=O) groups is 1. The highest BCUT2D eigenvalue weighted by molar-refractivity contribution is 7.89. The Morgan fingerprint density at radius 1 is 1.16 bits per heavy atom. The number of benzene rings is 2. The molecule has 2 aromatic rings. The van der Waals surface area contributed by atoms with Crippen molar-refractivity contribution in [3.05, 3.63) is 57.8 Å². The summed E-state index contributed by atoms with van der Waals surface area (Å²) in [4.78, 5) is 11.9. The van der Waals surface area contributed by atoms with Gasteiger partial charge in [-0.05, 0) is 42.8 Å². The maximum atomic E-state index is 13.4. The van der Waals surface area contributed by atoms with Crippen molar-refractivity contribution in [3.63, 3.8) is 0 Å². The molecule has 0 aliphatic carbocycles. The van der Waals surface area contributed by atoms with Crippen molar-refractivity contribution in [2.75, 3.05) is 18.9 Å². The third-order valence-electron chi connectivity index (χ3n) is 3.41. The third-order valence-corrected chi connectivity index (χ3v) is 6.09. The lowest BCUT2D eigenvalue weighted by atomic mass is 10.2. The van der Waals surface area contributed by atoms with E-state index in [9.17, 15) is 17.6 Å². The molecule has 0 aromatic heterocycles. The number of carbonyl (C=O) groups excluding carboxylic acids is 1. The second-order valence-corrected chi connectivity index (χ2v) is 8.18. The molecule has 0 fully saturated rings. The topological polar surface area (TPSA) is 66.5 Å². The number of hydrogen-bond donors (Lipinski definition) is 1. The van der Waals surface area contributed by atoms with Crippen LogP contribution in [0.3, 0.4) is 0 Å². The van der Waals surface area contributed by atoms with Crippen molar-refractivity contribution in [1.29, 1.82) is 0 Å². The lowest BCUT2D eigenvalue weighted by Gasteiger charge is -2.18. The van der Waals surface area contributed by atoms with E-state index in [-0.39, 0.29) is 9.92 Å². The fraction of sp³-hybridized carbons (Fsp3) is 0.188. The van der Waals surface area contributed by atoms with Crippen LogP contribution in [0.4, 0.5) is 10.1 Å². The molecule has 0 aliphatic heterocycles. The first-order valence-electron chi connectivity index (χ1n) is 7.08. The summed E-state index contributed by atoms with van der Waals surface area (Å²) < 4.78 is 39.3. The van der Waals surface area contributed by atoms with Crippen LogP contribution in [0.15, 0.2) is 41.3 Å². The fourth-order valence-corrected chi connectivity index (χ4v) is 3.74. The number of rotatable bonds is 5. The van der Waals surface area contributed by atoms with Crippen molar-refractivity contribution in [1.82, 2.24) is 4.31 Å². The molecule has 0 saturated heterocycles. The summed E-state index contributed by atoms with van der Waals surface area (Å²) in [7, 11) is -2.76. The molecule has 0 atom stereocenters. The van der Waals surface area contributed by atoms with Crippen LogP contribution in [0.25, 0.3) is 0 Å². The molecule has 0 aliphatic rings. The lowest BCUT2D eigenvalue weighted by molar-refractivity contribution is -0.116. The molecule has 0 bridgehead atoms. The minimum absolute atomic E-state index is 0.183. The van der Waals surface area contributed by atoms with Crippen LogP contribution in [0.1, 0.15) is 5.56 Å². The highest BCUT2D eigenvalue weighted by Crippen LogP contribution is 2.25. The van der Waals surface area contributed by atoms with E-state index in [2.05, 4.69) is 5.32 Å². The molecule has 0 spiro atoms. The monoisotopic (exact) mass is 404 g/mol. The molecule has 0 heterocycles. The predicted octanol–water partition coefficient (Wildman–Crippen LogP) is 3.70. The number of halogens is 3. The van der Waals surface area contributed by atoms with Crippen LogP contribution >= 0.6 is 23.2 Å². The first-order valence-corrected chi connectivity index (χ1v) is 9.28. The number of likely N-dealkylation sites (N-methyl/N-ethyl adjacent to an activating group) is 1. The number of amides is 1. The molecule has 5 nitrogen and oxygen atoms in total. The summed E-state index contributed by atoms with van der Waals surface area (Å²) in [6.45, 7) is 1.11. The third kappa shape index (κ3) is 4.70. The first-order chi connectivity index (χ1) is 11.6. The van der Waals surface area contributed by atoms with E-state index < -0.39 is 28.3 Å². The summed E-state index contributed by atoms with van der Waals surface area (Å²) >= 11 is 11.7. The molecule has 25 heavy (non-hydrogen) atoms. The number of anilines is 1. The Morgan fingerprint density at radius 2 is 1.84 bits per heavy atom. The van der Waals surface area contributed by atoms with Crippen LogP contribution in [0.5, 0.6) is 0 Å². The smallest absolute Gasteiger partial charge is 0.243 e. The van der Waals surface area contributed by atoms with Gasteiger partial charge in [-0.1, -0.05) is 29.3 Å². The summed E-state index contributed by atoms with van der Waals surface area (Å²) in [5, 5.41) is 3.12. The van der Waals surface area contributed by atoms with Crippen LogP contribution in [-0.4, -0.2) is 32.2 Å². The van der Waals surface area contributed by atoms with Gasteiger partial charge >= 0.3 is 0 Å². The van der Waals surface area contributed by atoms with Gasteiger partial charge in [0.25, 0.3) is 0 Å². The molecule has 1 amide bonds. The molecule has 0 unspecified atom stereocenters. The largest absolute Gasteiger partial charge is 0.325 e. The number of nitrogens with zero attached hydrogens (tertiary/aromatic N) is 1. The molecule has 0 radical (unpaired) electrons. The van der Waals surface area contributed by atoms with Crippen molar-refractivity contribution in [3.8, 4) is 0 Å². The summed E-state index contributed by atoms with van der Waals surface area (Å²) in [6, 6.07) is 7.97. The highest BCUT2D eigenvalue weighted by Gasteiger charge is 2.25. The summed E-state index contributed by atoms with van der Waals surface area (Å²) in [6.07, 6.45) is 0. The van der Waals surface area contributed by atoms with E-state index in [4.69, 9.17) is 23.2 Å². The van der Waals surface area contributed by atoms with E-state index in [1.54, 1.807) is 6.92 Å². The Morgan fingerprint density at radius 3 is 2.48 bits per heavy atom. The maximum absolute atomic E-state index is 13.4. The molecule has 0 saturated carbocycles. The van der Waals surface area contributed by atoms with Crippen molar-refractivity contribution in [2.24, 2.45) is 0 Å². The number of hydrogen-bond acceptors (Lipinski definition) is 3. The standard InChI is InChI=1S/C16H15Cl2FN2O3S/c1-10-3-4-11(19)7-15(10)25(23,24)21(2)9-16(22)20-12-5-6-13(17)14(18)8-12/h3-8H,9H2,1-2H3,(H,20,22). The minimum Gasteiger partial charge on any atom is -0.325 e. The molecular weight excluding hydrogens is 390 g/mol. The Kier molecular flexibility index (Phi) is 6.05. The SMILES string of the molecule is Cc1ccc(F)cc1S(=O)(=O)N(C)CC(=O)Nc1ccc(Cl)c(Cl)c1. The molecule has 9 heteroatoms. The van der Waals surface area contributed by atoms with Crippen LogP contribution in [0.2, 0.25) is 10.0 Å². The Hall–Kier alpha value is -1.67. The molecule has 2 rings (SSSR count). The molecule has 134 valence electrons. The quantitative estimate of drug-likeness (QED) is 0.825. The number of nitrogens with one attached hydrogen (secondary N) is 1. The van der Waals surface area contributed by atoms with Gasteiger partial charge in [0.15, 0.2) is 0 Å². The molecule has 1 N–H and O–H groups in total. The van der Waals surface area contributed by atoms with Gasteiger partial charge in [0.05, 0.1) is 21.5 Å². The van der Waals surface area contributed by atoms with Crippen LogP contribution in [-0.2, 0) is 14.8 Å². The lowest BCUT2D eigenvalue weighted by Crippen LogP contribution is -2.35. The highest BCUT2D eigenvalue weighted by atomic mass is 35.5. The van der Waals surface area contributed by atoms with Gasteiger partial charge in [-0.15, -0.1) is 0 Å². The van der Waals surface area contributed by atoms with Gasteiger partial charge in [-0.2, -0.15) is 4.31 Å². The van der Waals surface area contributed by atoms with Gasteiger partial charge < -0.3 is 5.32 Å². The van der Waals surface area contributed by atoms with E-state index in [1.165, 1.54) is 37.4 Å². The zero-order valence-corrected chi connectivity index (χ0v) is 15.7. The zero-order valence-electron chi connectivity index (χ0n) is 13.4. The zero-order chi connectivity index (χ0) is 18.8. The van der Waals surface area contributed by atoms with E-state index in [0.717, 1.165) is 10.4 Å². The average Bonchev–Trinajstić information content (AvgIpc) is 2.53. The fourth-order valence-electron chi connectivity index (χ4n) is 2.08. The molecular formula is C16H15Cl2FN2O3S. The van der Waals surface area contributed by atoms with Gasteiger partial charge in [-0.3, -0.25) is 4.79 Å². The van der Waals surface area contributed by atoms with Crippen molar-refractivity contribution >= 4 is 44.8 Å². The van der Waals surface area contributed by atoms with Crippen LogP contribution in [0, 0.1) is 12.7 Å². The predicted molar refractivity (Wildman–Crippen MR) is 96.0 cm³/mol. The number of sulfonamides is 1. The number of aryl methyl sites for hydroxylation is 1. The minimum atomic E-state index is -4.01. The van der Waals surface area contributed by atoms with E-state index in [1.807, 2.05) is 0 Å². The summed E-state index contributed by atoms with van der Waals surface area (Å²) in [5.74, 6) is -1.24. The maximum Gasteiger partial charge on any atom is 0.243 e. The second-order valence-electron chi connectivity index (χ2n) is 5.35. The van der Waals surface area contributed by atoms with Crippen molar-refractivity contribution < 1.29 is 17.6 Å². The first kappa shape index (κ1) is 19.7. The normalized spacial score (nSPS) is 11.6. The Balaban J connectivity index is 2.14. The van der Waals surface area contributed by atoms with Gasteiger partial charge in [0.2, 0.25) is 15.9 Å². The van der Waals surface area contributed by atoms with E-state index in [0.29, 0.717) is 16.3 Å². The second kappa shape index (κ2) is 7.70. The average molecular weight is 405 g/mol. The van der Waals surface area contributed by atoms with Gasteiger partial charge in [0, 0.05) is 12.7 Å².